The van der Waals surface area contributed by atoms with Crippen LogP contribution in [0.1, 0.15) is 48.5 Å². The van der Waals surface area contributed by atoms with Gasteiger partial charge in [0.1, 0.15) is 23.8 Å². The van der Waals surface area contributed by atoms with Gasteiger partial charge in [0.05, 0.1) is 6.61 Å². The molecule has 0 aliphatic heterocycles. The lowest BCUT2D eigenvalue weighted by Gasteiger charge is -2.03. The number of nitrogens with two attached hydrogens (primary N) is 3. The number of benzene rings is 2. The number of ether oxygens (including phenoxy) is 1. The lowest BCUT2D eigenvalue weighted by atomic mass is 10.1. The quantitative estimate of drug-likeness (QED) is 0.282. The number of phenols is 1. The number of carbonyl (C=O) groups is 2. The van der Waals surface area contributed by atoms with Crippen molar-refractivity contribution in [2.75, 3.05) is 13.2 Å². The molecule has 8 N–H and O–H groups in total. The largest absolute Gasteiger partial charge is 0.508 e. The zero-order valence-corrected chi connectivity index (χ0v) is 18.1. The Morgan fingerprint density at radius 3 is 2.19 bits per heavy atom. The van der Waals surface area contributed by atoms with Crippen LogP contribution in [0, 0.1) is 0 Å². The number of aliphatic carboxylic acids is 1. The molecular weight excluding hydrogens is 398 g/mol. The minimum absolute atomic E-state index is 0.278. The smallest absolute Gasteiger partial charge is 0.320 e. The van der Waals surface area contributed by atoms with Crippen LogP contribution in [-0.2, 0) is 11.3 Å². The van der Waals surface area contributed by atoms with E-state index in [1.165, 1.54) is 0 Å². The molecule has 0 aromatic heterocycles. The van der Waals surface area contributed by atoms with Crippen LogP contribution < -0.4 is 21.9 Å². The van der Waals surface area contributed by atoms with E-state index in [0.717, 1.165) is 43.5 Å². The maximum atomic E-state index is 10.3. The minimum Gasteiger partial charge on any atom is -0.508 e. The molecule has 0 saturated heterocycles. The van der Waals surface area contributed by atoms with Crippen molar-refractivity contribution in [3.8, 4) is 11.5 Å². The standard InChI is InChI=1S/C10H12O2.C7H9NO.C6H14N2O2/c1-2-7-12-10-5-3-9(8-11)4-6-10;8-5-6-3-1-2-4-7(6)9;7-4-2-1-3-5(8)6(9)10/h3-6,8H,2,7H2,1H3;1-4,9H,5,8H2;5H,1-4,7-8H2,(H,9,10)/t;;5-/m..0/s1. The number of carbonyl (C=O) groups excluding carboxylic acids is 1. The molecular formula is C23H35N3O5. The number of carboxylic acid groups (broad SMARTS) is 1. The molecule has 0 fully saturated rings. The van der Waals surface area contributed by atoms with Gasteiger partial charge in [-0.1, -0.05) is 31.5 Å². The summed E-state index contributed by atoms with van der Waals surface area (Å²) in [4.78, 5) is 20.4. The van der Waals surface area contributed by atoms with Gasteiger partial charge >= 0.3 is 5.97 Å². The monoisotopic (exact) mass is 433 g/mol. The SMILES string of the molecule is CCCOc1ccc(C=O)cc1.NCCCC[C@H](N)C(=O)O.NCc1ccccc1O. The molecule has 172 valence electrons. The predicted molar refractivity (Wildman–Crippen MR) is 122 cm³/mol. The van der Waals surface area contributed by atoms with Crippen LogP contribution in [0.15, 0.2) is 48.5 Å². The Bertz CT molecular complexity index is 738. The number of aromatic hydroxyl groups is 1. The maximum absolute atomic E-state index is 10.3. The Morgan fingerprint density at radius 2 is 1.74 bits per heavy atom. The first-order valence-corrected chi connectivity index (χ1v) is 10.2. The molecule has 0 bridgehead atoms. The van der Waals surface area contributed by atoms with E-state index >= 15 is 0 Å². The van der Waals surface area contributed by atoms with Crippen LogP contribution in [0.3, 0.4) is 0 Å². The van der Waals surface area contributed by atoms with Gasteiger partial charge in [-0.3, -0.25) is 9.59 Å². The number of aldehydes is 1. The van der Waals surface area contributed by atoms with Gasteiger partial charge < -0.3 is 32.2 Å². The lowest BCUT2D eigenvalue weighted by Crippen LogP contribution is -2.29. The average Bonchev–Trinajstić information content (AvgIpc) is 2.79. The summed E-state index contributed by atoms with van der Waals surface area (Å²) in [6, 6.07) is 13.4. The molecule has 0 aliphatic carbocycles. The van der Waals surface area contributed by atoms with Crippen LogP contribution in [0.25, 0.3) is 0 Å². The second-order valence-corrected chi connectivity index (χ2v) is 6.60. The first kappa shape index (κ1) is 28.1. The summed E-state index contributed by atoms with van der Waals surface area (Å²) in [6.07, 6.45) is 3.98. The van der Waals surface area contributed by atoms with Crippen molar-refractivity contribution < 1.29 is 24.5 Å². The first-order valence-electron chi connectivity index (χ1n) is 10.2. The summed E-state index contributed by atoms with van der Waals surface area (Å²) >= 11 is 0. The molecule has 0 amide bonds. The predicted octanol–water partition coefficient (Wildman–Crippen LogP) is 2.67. The van der Waals surface area contributed by atoms with Crippen LogP contribution in [0.4, 0.5) is 0 Å². The molecule has 0 saturated carbocycles. The normalized spacial score (nSPS) is 10.6. The third-order valence-electron chi connectivity index (χ3n) is 3.99. The number of phenolic OH excluding ortho intramolecular Hbond substituents is 1. The van der Waals surface area contributed by atoms with Crippen molar-refractivity contribution in [2.24, 2.45) is 17.2 Å². The van der Waals surface area contributed by atoms with Crippen LogP contribution in [0.5, 0.6) is 11.5 Å². The maximum Gasteiger partial charge on any atom is 0.320 e. The van der Waals surface area contributed by atoms with Crippen LogP contribution >= 0.6 is 0 Å². The number of rotatable bonds is 10. The number of para-hydroxylation sites is 1. The summed E-state index contributed by atoms with van der Waals surface area (Å²) < 4.78 is 5.34. The van der Waals surface area contributed by atoms with Crippen LogP contribution in [-0.4, -0.2) is 41.7 Å². The second kappa shape index (κ2) is 17.9. The van der Waals surface area contributed by atoms with Crippen molar-refractivity contribution in [3.05, 3.63) is 59.7 Å². The third-order valence-corrected chi connectivity index (χ3v) is 3.99. The van der Waals surface area contributed by atoms with Gasteiger partial charge in [-0.05, 0) is 56.1 Å². The third kappa shape index (κ3) is 13.8. The van der Waals surface area contributed by atoms with Gasteiger partial charge in [-0.25, -0.2) is 0 Å². The lowest BCUT2D eigenvalue weighted by molar-refractivity contribution is -0.138. The van der Waals surface area contributed by atoms with Gasteiger partial charge in [0, 0.05) is 17.7 Å². The first-order chi connectivity index (χ1) is 14.9. The highest BCUT2D eigenvalue weighted by Gasteiger charge is 2.09. The Kier molecular flexibility index (Phi) is 16.2. The average molecular weight is 434 g/mol. The van der Waals surface area contributed by atoms with Crippen molar-refractivity contribution in [1.82, 2.24) is 0 Å². The van der Waals surface area contributed by atoms with Gasteiger partial charge in [-0.15, -0.1) is 0 Å². The van der Waals surface area contributed by atoms with E-state index < -0.39 is 12.0 Å². The van der Waals surface area contributed by atoms with E-state index in [-0.39, 0.29) is 5.75 Å². The molecule has 2 rings (SSSR count). The van der Waals surface area contributed by atoms with E-state index in [1.54, 1.807) is 42.5 Å². The highest BCUT2D eigenvalue weighted by atomic mass is 16.5. The van der Waals surface area contributed by atoms with E-state index in [9.17, 15) is 9.59 Å². The highest BCUT2D eigenvalue weighted by Crippen LogP contribution is 2.13. The summed E-state index contributed by atoms with van der Waals surface area (Å²) in [5, 5.41) is 17.4. The molecule has 8 nitrogen and oxygen atoms in total. The van der Waals surface area contributed by atoms with Gasteiger partial charge in [0.15, 0.2) is 0 Å². The Balaban J connectivity index is 0.000000441. The zero-order chi connectivity index (χ0) is 23.5. The van der Waals surface area contributed by atoms with Crippen molar-refractivity contribution in [3.63, 3.8) is 0 Å². The fourth-order valence-electron chi connectivity index (χ4n) is 2.18. The van der Waals surface area contributed by atoms with E-state index in [0.29, 0.717) is 25.1 Å². The number of hydrogen-bond donors (Lipinski definition) is 5. The van der Waals surface area contributed by atoms with E-state index in [4.69, 9.17) is 32.2 Å². The Morgan fingerprint density at radius 1 is 1.10 bits per heavy atom. The highest BCUT2D eigenvalue weighted by molar-refractivity contribution is 5.74. The van der Waals surface area contributed by atoms with Crippen molar-refractivity contribution in [2.45, 2.75) is 45.2 Å². The molecule has 0 unspecified atom stereocenters. The molecule has 2 aromatic carbocycles. The fourth-order valence-corrected chi connectivity index (χ4v) is 2.18. The molecule has 0 aliphatic rings. The fraction of sp³-hybridized carbons (Fsp3) is 0.391. The molecule has 0 radical (unpaired) electrons. The summed E-state index contributed by atoms with van der Waals surface area (Å²) in [7, 11) is 0. The number of carboxylic acids is 1. The molecule has 8 heteroatoms. The summed E-state index contributed by atoms with van der Waals surface area (Å²) in [5.74, 6) is 0.166. The van der Waals surface area contributed by atoms with Gasteiger partial charge in [-0.2, -0.15) is 0 Å². The molecule has 1 atom stereocenters. The van der Waals surface area contributed by atoms with E-state index in [1.807, 2.05) is 6.07 Å². The van der Waals surface area contributed by atoms with Gasteiger partial charge in [0.2, 0.25) is 0 Å². The van der Waals surface area contributed by atoms with Crippen molar-refractivity contribution in [1.29, 1.82) is 0 Å². The second-order valence-electron chi connectivity index (χ2n) is 6.60. The molecule has 2 aromatic rings. The molecule has 0 heterocycles. The topological polar surface area (TPSA) is 162 Å². The van der Waals surface area contributed by atoms with E-state index in [2.05, 4.69) is 6.92 Å². The summed E-state index contributed by atoms with van der Waals surface area (Å²) in [6.45, 7) is 3.78. The van der Waals surface area contributed by atoms with Crippen LogP contribution in [0.2, 0.25) is 0 Å². The van der Waals surface area contributed by atoms with Crippen molar-refractivity contribution >= 4 is 12.3 Å². The molecule has 0 spiro atoms. The Labute approximate surface area is 184 Å². The Hall–Kier alpha value is -2.94. The van der Waals surface area contributed by atoms with Gasteiger partial charge in [0.25, 0.3) is 0 Å². The number of unbranched alkanes of at least 4 members (excludes halogenated alkanes) is 1. The number of hydrogen-bond acceptors (Lipinski definition) is 7. The minimum atomic E-state index is -0.933. The molecule has 31 heavy (non-hydrogen) atoms. The zero-order valence-electron chi connectivity index (χ0n) is 18.1. The summed E-state index contributed by atoms with van der Waals surface area (Å²) in [5.41, 5.74) is 17.2.